The van der Waals surface area contributed by atoms with Crippen molar-refractivity contribution in [1.29, 1.82) is 0 Å². The van der Waals surface area contributed by atoms with Crippen molar-refractivity contribution in [1.82, 2.24) is 10.2 Å². The van der Waals surface area contributed by atoms with Crippen molar-refractivity contribution >= 4 is 23.2 Å². The van der Waals surface area contributed by atoms with E-state index in [4.69, 9.17) is 23.2 Å². The largest absolute Gasteiger partial charge is 0.314 e. The maximum Gasteiger partial charge on any atom is 0.0637 e. The van der Waals surface area contributed by atoms with Crippen LogP contribution in [0.4, 0.5) is 0 Å². The third kappa shape index (κ3) is 2.51. The van der Waals surface area contributed by atoms with Crippen LogP contribution >= 0.6 is 23.2 Å². The Labute approximate surface area is 107 Å². The van der Waals surface area contributed by atoms with Crippen molar-refractivity contribution in [3.05, 3.63) is 33.8 Å². The van der Waals surface area contributed by atoms with Gasteiger partial charge in [0.2, 0.25) is 0 Å². The molecule has 0 aromatic heterocycles. The number of rotatable bonds is 4. The maximum atomic E-state index is 6.19. The molecule has 0 saturated carbocycles. The van der Waals surface area contributed by atoms with E-state index in [-0.39, 0.29) is 0 Å². The van der Waals surface area contributed by atoms with Crippen molar-refractivity contribution in [3.8, 4) is 0 Å². The molecule has 2 nitrogen and oxygen atoms in total. The molecular formula is C12H16Cl2N2. The van der Waals surface area contributed by atoms with Gasteiger partial charge < -0.3 is 5.32 Å². The first-order chi connectivity index (χ1) is 7.72. The van der Waals surface area contributed by atoms with E-state index in [0.29, 0.717) is 16.1 Å². The first kappa shape index (κ1) is 12.2. The van der Waals surface area contributed by atoms with Gasteiger partial charge in [0.1, 0.15) is 0 Å². The third-order valence-electron chi connectivity index (χ3n) is 3.09. The normalized spacial score (nSPS) is 16.5. The molecule has 0 bridgehead atoms. The SMILES string of the molecule is CCN(Cc1cccc(Cl)c1Cl)C1CNC1. The zero-order chi connectivity index (χ0) is 11.5. The standard InChI is InChI=1S/C12H16Cl2N2/c1-2-16(10-6-15-7-10)8-9-4-3-5-11(13)12(9)14/h3-5,10,15H,2,6-8H2,1H3. The summed E-state index contributed by atoms with van der Waals surface area (Å²) in [6, 6.07) is 6.47. The molecular weight excluding hydrogens is 243 g/mol. The Morgan fingerprint density at radius 3 is 2.69 bits per heavy atom. The molecule has 0 amide bonds. The van der Waals surface area contributed by atoms with Gasteiger partial charge in [-0.05, 0) is 18.2 Å². The van der Waals surface area contributed by atoms with E-state index in [0.717, 1.165) is 31.7 Å². The van der Waals surface area contributed by atoms with Crippen LogP contribution in [0.1, 0.15) is 12.5 Å². The van der Waals surface area contributed by atoms with Crippen LogP contribution in [0.2, 0.25) is 10.0 Å². The van der Waals surface area contributed by atoms with E-state index in [2.05, 4.69) is 17.1 Å². The predicted molar refractivity (Wildman–Crippen MR) is 69.2 cm³/mol. The average Bonchev–Trinajstić information content (AvgIpc) is 2.21. The Morgan fingerprint density at radius 1 is 1.38 bits per heavy atom. The molecule has 1 aromatic rings. The summed E-state index contributed by atoms with van der Waals surface area (Å²) in [6.45, 7) is 6.24. The van der Waals surface area contributed by atoms with Crippen LogP contribution in [0.15, 0.2) is 18.2 Å². The number of nitrogens with zero attached hydrogens (tertiary/aromatic N) is 1. The molecule has 1 fully saturated rings. The highest BCUT2D eigenvalue weighted by Gasteiger charge is 2.23. The van der Waals surface area contributed by atoms with Gasteiger partial charge >= 0.3 is 0 Å². The minimum atomic E-state index is 0.639. The average molecular weight is 259 g/mol. The van der Waals surface area contributed by atoms with Gasteiger partial charge in [-0.15, -0.1) is 0 Å². The first-order valence-electron chi connectivity index (χ1n) is 5.60. The molecule has 0 atom stereocenters. The van der Waals surface area contributed by atoms with Gasteiger partial charge in [0.15, 0.2) is 0 Å². The van der Waals surface area contributed by atoms with E-state index in [1.807, 2.05) is 18.2 Å². The van der Waals surface area contributed by atoms with Crippen LogP contribution in [-0.2, 0) is 6.54 Å². The van der Waals surface area contributed by atoms with Gasteiger partial charge in [-0.25, -0.2) is 0 Å². The number of hydrogen-bond donors (Lipinski definition) is 1. The smallest absolute Gasteiger partial charge is 0.0637 e. The summed E-state index contributed by atoms with van der Waals surface area (Å²) in [5, 5.41) is 4.62. The molecule has 1 saturated heterocycles. The lowest BCUT2D eigenvalue weighted by atomic mass is 10.1. The number of nitrogens with one attached hydrogen (secondary N) is 1. The van der Waals surface area contributed by atoms with Gasteiger partial charge in [0.25, 0.3) is 0 Å². The second-order valence-corrected chi connectivity index (χ2v) is 4.87. The van der Waals surface area contributed by atoms with Crippen LogP contribution < -0.4 is 5.32 Å². The van der Waals surface area contributed by atoms with Crippen molar-refractivity contribution in [3.63, 3.8) is 0 Å². The minimum Gasteiger partial charge on any atom is -0.314 e. The van der Waals surface area contributed by atoms with E-state index >= 15 is 0 Å². The lowest BCUT2D eigenvalue weighted by molar-refractivity contribution is 0.145. The van der Waals surface area contributed by atoms with E-state index < -0.39 is 0 Å². The Morgan fingerprint density at radius 2 is 2.12 bits per heavy atom. The van der Waals surface area contributed by atoms with Crippen molar-refractivity contribution in [2.45, 2.75) is 19.5 Å². The Kier molecular flexibility index (Phi) is 4.09. The van der Waals surface area contributed by atoms with Crippen molar-refractivity contribution in [2.75, 3.05) is 19.6 Å². The van der Waals surface area contributed by atoms with Gasteiger partial charge in [-0.2, -0.15) is 0 Å². The van der Waals surface area contributed by atoms with Gasteiger partial charge in [-0.1, -0.05) is 42.3 Å². The van der Waals surface area contributed by atoms with Crippen molar-refractivity contribution < 1.29 is 0 Å². The third-order valence-corrected chi connectivity index (χ3v) is 3.95. The highest BCUT2D eigenvalue weighted by Crippen LogP contribution is 2.27. The second-order valence-electron chi connectivity index (χ2n) is 4.09. The molecule has 0 spiro atoms. The molecule has 88 valence electrons. The molecule has 16 heavy (non-hydrogen) atoms. The molecule has 1 aliphatic rings. The number of halogens is 2. The summed E-state index contributed by atoms with van der Waals surface area (Å²) < 4.78 is 0. The van der Waals surface area contributed by atoms with Crippen LogP contribution in [0.25, 0.3) is 0 Å². The molecule has 1 N–H and O–H groups in total. The zero-order valence-electron chi connectivity index (χ0n) is 9.34. The zero-order valence-corrected chi connectivity index (χ0v) is 10.9. The number of likely N-dealkylation sites (N-methyl/N-ethyl adjacent to an activating group) is 1. The Hall–Kier alpha value is -0.280. The van der Waals surface area contributed by atoms with E-state index in [9.17, 15) is 0 Å². The molecule has 0 aliphatic carbocycles. The molecule has 1 heterocycles. The molecule has 1 aromatic carbocycles. The minimum absolute atomic E-state index is 0.639. The predicted octanol–water partition coefficient (Wildman–Crippen LogP) is 2.79. The highest BCUT2D eigenvalue weighted by atomic mass is 35.5. The highest BCUT2D eigenvalue weighted by molar-refractivity contribution is 6.42. The van der Waals surface area contributed by atoms with Gasteiger partial charge in [-0.3, -0.25) is 4.90 Å². The van der Waals surface area contributed by atoms with Crippen LogP contribution in [-0.4, -0.2) is 30.6 Å². The topological polar surface area (TPSA) is 15.3 Å². The lowest BCUT2D eigenvalue weighted by Gasteiger charge is -2.37. The number of benzene rings is 1. The van der Waals surface area contributed by atoms with E-state index in [1.54, 1.807) is 0 Å². The first-order valence-corrected chi connectivity index (χ1v) is 6.35. The summed E-state index contributed by atoms with van der Waals surface area (Å²) in [6.07, 6.45) is 0. The lowest BCUT2D eigenvalue weighted by Crippen LogP contribution is -2.56. The Balaban J connectivity index is 2.09. The van der Waals surface area contributed by atoms with Gasteiger partial charge in [0.05, 0.1) is 10.0 Å². The summed E-state index contributed by atoms with van der Waals surface area (Å²) in [7, 11) is 0. The number of hydrogen-bond acceptors (Lipinski definition) is 2. The molecule has 1 aliphatic heterocycles. The summed E-state index contributed by atoms with van der Waals surface area (Å²) in [5.74, 6) is 0. The molecule has 0 unspecified atom stereocenters. The summed E-state index contributed by atoms with van der Waals surface area (Å²) >= 11 is 12.2. The van der Waals surface area contributed by atoms with E-state index in [1.165, 1.54) is 0 Å². The van der Waals surface area contributed by atoms with Crippen molar-refractivity contribution in [2.24, 2.45) is 0 Å². The fourth-order valence-electron chi connectivity index (χ4n) is 1.92. The van der Waals surface area contributed by atoms with Gasteiger partial charge in [0, 0.05) is 25.7 Å². The fourth-order valence-corrected chi connectivity index (χ4v) is 2.30. The van der Waals surface area contributed by atoms with Crippen LogP contribution in [0.5, 0.6) is 0 Å². The van der Waals surface area contributed by atoms with Crippen LogP contribution in [0.3, 0.4) is 0 Å². The quantitative estimate of drug-likeness (QED) is 0.894. The fraction of sp³-hybridized carbons (Fsp3) is 0.500. The Bertz CT molecular complexity index is 364. The maximum absolute atomic E-state index is 6.19. The van der Waals surface area contributed by atoms with Crippen LogP contribution in [0, 0.1) is 0 Å². The molecule has 0 radical (unpaired) electrons. The molecule has 2 rings (SSSR count). The molecule has 4 heteroatoms. The summed E-state index contributed by atoms with van der Waals surface area (Å²) in [4.78, 5) is 2.42. The summed E-state index contributed by atoms with van der Waals surface area (Å²) in [5.41, 5.74) is 1.11. The monoisotopic (exact) mass is 258 g/mol. The second kappa shape index (κ2) is 5.37.